The molecule has 3 aromatic carbocycles. The van der Waals surface area contributed by atoms with Crippen LogP contribution in [0.1, 0.15) is 0 Å². The van der Waals surface area contributed by atoms with Crippen LogP contribution in [0.15, 0.2) is 85.1 Å². The van der Waals surface area contributed by atoms with Crippen LogP contribution in [-0.4, -0.2) is 28.4 Å². The fourth-order valence-corrected chi connectivity index (χ4v) is 3.43. The van der Waals surface area contributed by atoms with Crippen molar-refractivity contribution in [2.24, 2.45) is 5.73 Å². The smallest absolute Gasteiger partial charge is 0.316 e. The lowest BCUT2D eigenvalue weighted by Crippen LogP contribution is -2.23. The lowest BCUT2D eigenvalue weighted by atomic mass is 10.1. The Kier molecular flexibility index (Phi) is 5.68. The second-order valence-electron chi connectivity index (χ2n) is 7.09. The molecule has 6 heteroatoms. The SMILES string of the molecule is NC(=O)Nc1ccc2c(ccn2CC(O)COc2ccc(-c3ccccc3)cc2)c1. The van der Waals surface area contributed by atoms with Gasteiger partial charge in [0.05, 0.1) is 6.54 Å². The zero-order valence-corrected chi connectivity index (χ0v) is 16.4. The van der Waals surface area contributed by atoms with E-state index in [1.165, 1.54) is 0 Å². The Balaban J connectivity index is 1.35. The monoisotopic (exact) mass is 401 g/mol. The van der Waals surface area contributed by atoms with E-state index < -0.39 is 12.1 Å². The molecule has 2 amide bonds. The molecule has 0 radical (unpaired) electrons. The van der Waals surface area contributed by atoms with Crippen molar-refractivity contribution in [1.29, 1.82) is 0 Å². The molecule has 4 rings (SSSR count). The first-order valence-corrected chi connectivity index (χ1v) is 9.70. The molecule has 0 saturated heterocycles. The molecule has 4 aromatic rings. The largest absolute Gasteiger partial charge is 0.491 e. The van der Waals surface area contributed by atoms with Crippen molar-refractivity contribution in [1.82, 2.24) is 4.57 Å². The van der Waals surface area contributed by atoms with Gasteiger partial charge in [0.1, 0.15) is 18.5 Å². The second kappa shape index (κ2) is 8.71. The Morgan fingerprint density at radius 3 is 2.47 bits per heavy atom. The molecule has 0 saturated carbocycles. The van der Waals surface area contributed by atoms with Gasteiger partial charge in [-0.2, -0.15) is 0 Å². The van der Waals surface area contributed by atoms with Crippen LogP contribution < -0.4 is 15.8 Å². The molecular formula is C24H23N3O3. The lowest BCUT2D eigenvalue weighted by Gasteiger charge is -2.14. The van der Waals surface area contributed by atoms with Crippen LogP contribution in [0, 0.1) is 0 Å². The highest BCUT2D eigenvalue weighted by Crippen LogP contribution is 2.23. The van der Waals surface area contributed by atoms with Gasteiger partial charge >= 0.3 is 6.03 Å². The maximum atomic E-state index is 11.0. The van der Waals surface area contributed by atoms with E-state index in [1.807, 2.05) is 71.4 Å². The minimum absolute atomic E-state index is 0.186. The number of benzene rings is 3. The first-order valence-electron chi connectivity index (χ1n) is 9.70. The number of aromatic nitrogens is 1. The van der Waals surface area contributed by atoms with Crippen molar-refractivity contribution in [2.45, 2.75) is 12.6 Å². The van der Waals surface area contributed by atoms with Crippen molar-refractivity contribution >= 4 is 22.6 Å². The van der Waals surface area contributed by atoms with Crippen LogP contribution in [0.2, 0.25) is 0 Å². The van der Waals surface area contributed by atoms with Crippen LogP contribution in [-0.2, 0) is 6.54 Å². The van der Waals surface area contributed by atoms with Gasteiger partial charge in [0.15, 0.2) is 0 Å². The van der Waals surface area contributed by atoms with E-state index in [4.69, 9.17) is 10.5 Å². The summed E-state index contributed by atoms with van der Waals surface area (Å²) in [6, 6.07) is 24.8. The number of aliphatic hydroxyl groups is 1. The number of carbonyl (C=O) groups excluding carboxylic acids is 1. The quantitative estimate of drug-likeness (QED) is 0.433. The Hall–Kier alpha value is -3.77. The normalized spacial score (nSPS) is 11.9. The Morgan fingerprint density at radius 1 is 1.00 bits per heavy atom. The fraction of sp³-hybridized carbons (Fsp3) is 0.125. The van der Waals surface area contributed by atoms with Gasteiger partial charge in [-0.05, 0) is 47.5 Å². The van der Waals surface area contributed by atoms with E-state index in [0.29, 0.717) is 18.0 Å². The summed E-state index contributed by atoms with van der Waals surface area (Å²) in [4.78, 5) is 11.0. The van der Waals surface area contributed by atoms with Gasteiger partial charge in [-0.25, -0.2) is 4.79 Å². The predicted molar refractivity (Wildman–Crippen MR) is 119 cm³/mol. The predicted octanol–water partition coefficient (Wildman–Crippen LogP) is 4.24. The number of hydrogen-bond acceptors (Lipinski definition) is 3. The van der Waals surface area contributed by atoms with Gasteiger partial charge in [-0.1, -0.05) is 42.5 Å². The van der Waals surface area contributed by atoms with E-state index >= 15 is 0 Å². The van der Waals surface area contributed by atoms with Gasteiger partial charge in [-0.3, -0.25) is 0 Å². The summed E-state index contributed by atoms with van der Waals surface area (Å²) in [5.41, 5.74) is 9.01. The number of rotatable bonds is 7. The Labute approximate surface area is 174 Å². The van der Waals surface area contributed by atoms with E-state index in [1.54, 1.807) is 6.07 Å². The fourth-order valence-electron chi connectivity index (χ4n) is 3.43. The number of aliphatic hydroxyl groups excluding tert-OH is 1. The van der Waals surface area contributed by atoms with Crippen molar-refractivity contribution in [3.63, 3.8) is 0 Å². The number of ether oxygens (including phenoxy) is 1. The molecule has 152 valence electrons. The van der Waals surface area contributed by atoms with Crippen molar-refractivity contribution in [3.05, 3.63) is 85.1 Å². The summed E-state index contributed by atoms with van der Waals surface area (Å²) >= 11 is 0. The molecule has 0 spiro atoms. The highest BCUT2D eigenvalue weighted by atomic mass is 16.5. The summed E-state index contributed by atoms with van der Waals surface area (Å²) in [6.07, 6.45) is 1.23. The van der Waals surface area contributed by atoms with E-state index in [0.717, 1.165) is 22.0 Å². The number of nitrogens with two attached hydrogens (primary N) is 1. The van der Waals surface area contributed by atoms with Crippen LogP contribution in [0.5, 0.6) is 5.75 Å². The van der Waals surface area contributed by atoms with Gasteiger partial charge in [0.2, 0.25) is 0 Å². The molecule has 6 nitrogen and oxygen atoms in total. The summed E-state index contributed by atoms with van der Waals surface area (Å²) in [5, 5.41) is 13.9. The molecule has 0 aliphatic carbocycles. The summed E-state index contributed by atoms with van der Waals surface area (Å²) in [7, 11) is 0. The van der Waals surface area contributed by atoms with Crippen LogP contribution >= 0.6 is 0 Å². The standard InChI is InChI=1S/C24H23N3O3/c25-24(29)26-20-8-11-23-19(14-20)12-13-27(23)15-21(28)16-30-22-9-6-18(7-10-22)17-4-2-1-3-5-17/h1-14,21,28H,15-16H2,(H3,25,26,29). The molecule has 4 N–H and O–H groups in total. The number of nitrogens with one attached hydrogen (secondary N) is 1. The van der Waals surface area contributed by atoms with Gasteiger partial charge in [0, 0.05) is 22.8 Å². The lowest BCUT2D eigenvalue weighted by molar-refractivity contribution is 0.0936. The molecule has 1 heterocycles. The molecule has 0 fully saturated rings. The highest BCUT2D eigenvalue weighted by Gasteiger charge is 2.10. The molecule has 1 aromatic heterocycles. The average molecular weight is 401 g/mol. The number of hydrogen-bond donors (Lipinski definition) is 3. The zero-order valence-electron chi connectivity index (χ0n) is 16.4. The third-order valence-electron chi connectivity index (χ3n) is 4.85. The number of carbonyl (C=O) groups is 1. The third-order valence-corrected chi connectivity index (χ3v) is 4.85. The number of fused-ring (bicyclic) bond motifs is 1. The highest BCUT2D eigenvalue weighted by molar-refractivity contribution is 5.92. The van der Waals surface area contributed by atoms with Crippen molar-refractivity contribution in [3.8, 4) is 16.9 Å². The molecule has 1 atom stereocenters. The first kappa shape index (κ1) is 19.5. The molecular weight excluding hydrogens is 378 g/mol. The van der Waals surface area contributed by atoms with Gasteiger partial charge in [-0.15, -0.1) is 0 Å². The van der Waals surface area contributed by atoms with E-state index in [-0.39, 0.29) is 6.61 Å². The Morgan fingerprint density at radius 2 is 1.73 bits per heavy atom. The van der Waals surface area contributed by atoms with E-state index in [2.05, 4.69) is 17.4 Å². The number of urea groups is 1. The molecule has 1 unspecified atom stereocenters. The summed E-state index contributed by atoms with van der Waals surface area (Å²) in [5.74, 6) is 0.716. The van der Waals surface area contributed by atoms with Crippen LogP contribution in [0.4, 0.5) is 10.5 Å². The average Bonchev–Trinajstić information content (AvgIpc) is 3.14. The molecule has 0 aliphatic rings. The minimum Gasteiger partial charge on any atom is -0.491 e. The van der Waals surface area contributed by atoms with Crippen LogP contribution in [0.25, 0.3) is 22.0 Å². The summed E-state index contributed by atoms with van der Waals surface area (Å²) in [6.45, 7) is 0.583. The topological polar surface area (TPSA) is 89.5 Å². The van der Waals surface area contributed by atoms with Crippen molar-refractivity contribution < 1.29 is 14.6 Å². The number of amides is 2. The Bertz CT molecular complexity index is 1140. The van der Waals surface area contributed by atoms with Crippen LogP contribution in [0.3, 0.4) is 0 Å². The first-order chi connectivity index (χ1) is 14.6. The van der Waals surface area contributed by atoms with Gasteiger partial charge in [0.25, 0.3) is 0 Å². The number of primary amides is 1. The second-order valence-corrected chi connectivity index (χ2v) is 7.09. The van der Waals surface area contributed by atoms with E-state index in [9.17, 15) is 9.90 Å². The maximum absolute atomic E-state index is 11.0. The zero-order chi connectivity index (χ0) is 20.9. The molecule has 0 aliphatic heterocycles. The third kappa shape index (κ3) is 4.61. The number of anilines is 1. The van der Waals surface area contributed by atoms with Gasteiger partial charge < -0.3 is 25.5 Å². The minimum atomic E-state index is -0.669. The number of nitrogens with zero attached hydrogens (tertiary/aromatic N) is 1. The molecule has 0 bridgehead atoms. The summed E-state index contributed by atoms with van der Waals surface area (Å²) < 4.78 is 7.71. The maximum Gasteiger partial charge on any atom is 0.316 e. The van der Waals surface area contributed by atoms with Crippen molar-refractivity contribution in [2.75, 3.05) is 11.9 Å². The molecule has 30 heavy (non-hydrogen) atoms.